The monoisotopic (exact) mass is 282 g/mol. The summed E-state index contributed by atoms with van der Waals surface area (Å²) in [6, 6.07) is 7.51. The maximum atomic E-state index is 13.1. The Labute approximate surface area is 114 Å². The summed E-state index contributed by atoms with van der Waals surface area (Å²) in [6.45, 7) is 1.77. The highest BCUT2D eigenvalue weighted by molar-refractivity contribution is 6.37. The maximum Gasteiger partial charge on any atom is 0.152 e. The molecule has 0 unspecified atom stereocenters. The van der Waals surface area contributed by atoms with E-state index in [1.54, 1.807) is 19.1 Å². The van der Waals surface area contributed by atoms with Crippen molar-refractivity contribution in [1.29, 1.82) is 0 Å². The van der Waals surface area contributed by atoms with Crippen LogP contribution < -0.4 is 0 Å². The highest BCUT2D eigenvalue weighted by Gasteiger charge is 2.12. The van der Waals surface area contributed by atoms with Crippen molar-refractivity contribution >= 4 is 29.5 Å². The first-order valence-electron chi connectivity index (χ1n) is 5.23. The highest BCUT2D eigenvalue weighted by Crippen LogP contribution is 2.33. The molecule has 0 saturated carbocycles. The molecule has 4 heteroatoms. The molecule has 2 aromatic carbocycles. The molecule has 0 bridgehead atoms. The fourth-order valence-corrected chi connectivity index (χ4v) is 2.39. The van der Waals surface area contributed by atoms with Gasteiger partial charge in [0.05, 0.1) is 5.02 Å². The Morgan fingerprint density at radius 3 is 2.44 bits per heavy atom. The summed E-state index contributed by atoms with van der Waals surface area (Å²) in [5.41, 5.74) is 2.43. The van der Waals surface area contributed by atoms with Crippen molar-refractivity contribution in [3.63, 3.8) is 0 Å². The average molecular weight is 283 g/mol. The van der Waals surface area contributed by atoms with Crippen LogP contribution >= 0.6 is 23.2 Å². The van der Waals surface area contributed by atoms with Crippen LogP contribution in [-0.4, -0.2) is 6.29 Å². The van der Waals surface area contributed by atoms with E-state index in [-0.39, 0.29) is 10.8 Å². The van der Waals surface area contributed by atoms with Crippen molar-refractivity contribution in [1.82, 2.24) is 0 Å². The standard InChI is InChI=1S/C14H9Cl2FO/c1-8-4-10(17)2-3-11(8)12-5-9(15)6-14(16)13(12)7-18/h2-7H,1H3. The lowest BCUT2D eigenvalue weighted by atomic mass is 9.96. The van der Waals surface area contributed by atoms with Crippen molar-refractivity contribution in [2.75, 3.05) is 0 Å². The predicted octanol–water partition coefficient (Wildman–Crippen LogP) is 4.92. The Kier molecular flexibility index (Phi) is 3.69. The molecule has 1 nitrogen and oxygen atoms in total. The molecule has 92 valence electrons. The van der Waals surface area contributed by atoms with Gasteiger partial charge in [0.15, 0.2) is 6.29 Å². The second kappa shape index (κ2) is 5.09. The van der Waals surface area contributed by atoms with Gasteiger partial charge in [-0.2, -0.15) is 0 Å². The van der Waals surface area contributed by atoms with Gasteiger partial charge >= 0.3 is 0 Å². The van der Waals surface area contributed by atoms with Crippen LogP contribution in [0.5, 0.6) is 0 Å². The molecule has 0 amide bonds. The van der Waals surface area contributed by atoms with Crippen molar-refractivity contribution in [3.05, 3.63) is 57.3 Å². The van der Waals surface area contributed by atoms with Crippen molar-refractivity contribution in [2.24, 2.45) is 0 Å². The average Bonchev–Trinajstić information content (AvgIpc) is 2.28. The lowest BCUT2D eigenvalue weighted by molar-refractivity contribution is 0.112. The van der Waals surface area contributed by atoms with Crippen LogP contribution in [0.4, 0.5) is 4.39 Å². The van der Waals surface area contributed by atoms with E-state index in [9.17, 15) is 9.18 Å². The molecule has 0 atom stereocenters. The smallest absolute Gasteiger partial charge is 0.152 e. The van der Waals surface area contributed by atoms with Gasteiger partial charge < -0.3 is 0 Å². The fourth-order valence-electron chi connectivity index (χ4n) is 1.86. The van der Waals surface area contributed by atoms with Gasteiger partial charge in [0, 0.05) is 10.6 Å². The van der Waals surface area contributed by atoms with Crippen LogP contribution in [0.25, 0.3) is 11.1 Å². The molecule has 0 radical (unpaired) electrons. The van der Waals surface area contributed by atoms with Gasteiger partial charge in [0.1, 0.15) is 5.82 Å². The van der Waals surface area contributed by atoms with Gasteiger partial charge in [-0.15, -0.1) is 0 Å². The minimum atomic E-state index is -0.322. The highest BCUT2D eigenvalue weighted by atomic mass is 35.5. The van der Waals surface area contributed by atoms with Crippen LogP contribution in [-0.2, 0) is 0 Å². The largest absolute Gasteiger partial charge is 0.298 e. The molecule has 0 spiro atoms. The van der Waals surface area contributed by atoms with E-state index in [4.69, 9.17) is 23.2 Å². The number of aryl methyl sites for hydroxylation is 1. The summed E-state index contributed by atoms with van der Waals surface area (Å²) in [5, 5.41) is 0.723. The number of carbonyl (C=O) groups is 1. The van der Waals surface area contributed by atoms with Crippen molar-refractivity contribution in [2.45, 2.75) is 6.92 Å². The number of carbonyl (C=O) groups excluding carboxylic acids is 1. The van der Waals surface area contributed by atoms with E-state index >= 15 is 0 Å². The number of halogens is 3. The van der Waals surface area contributed by atoms with Crippen LogP contribution in [0.1, 0.15) is 15.9 Å². The minimum absolute atomic E-state index is 0.288. The number of hydrogen-bond donors (Lipinski definition) is 0. The topological polar surface area (TPSA) is 17.1 Å². The summed E-state index contributed by atoms with van der Waals surface area (Å²) >= 11 is 11.9. The van der Waals surface area contributed by atoms with E-state index in [0.717, 1.165) is 11.1 Å². The van der Waals surface area contributed by atoms with E-state index < -0.39 is 0 Å². The summed E-state index contributed by atoms with van der Waals surface area (Å²) in [5.74, 6) is -0.322. The van der Waals surface area contributed by atoms with Crippen molar-refractivity contribution < 1.29 is 9.18 Å². The second-order valence-electron chi connectivity index (χ2n) is 3.93. The van der Waals surface area contributed by atoms with Crippen LogP contribution in [0.15, 0.2) is 30.3 Å². The quantitative estimate of drug-likeness (QED) is 0.715. The summed E-state index contributed by atoms with van der Waals surface area (Å²) in [6.07, 6.45) is 0.677. The van der Waals surface area contributed by atoms with Crippen LogP contribution in [0.3, 0.4) is 0 Å². The number of aldehydes is 1. The third-order valence-electron chi connectivity index (χ3n) is 2.69. The van der Waals surface area contributed by atoms with Gasteiger partial charge in [-0.25, -0.2) is 4.39 Å². The fraction of sp³-hybridized carbons (Fsp3) is 0.0714. The Morgan fingerprint density at radius 2 is 1.83 bits per heavy atom. The normalized spacial score (nSPS) is 10.4. The molecular weight excluding hydrogens is 274 g/mol. The Hall–Kier alpha value is -1.38. The molecule has 0 aliphatic rings. The molecule has 0 aromatic heterocycles. The van der Waals surface area contributed by atoms with Gasteiger partial charge in [-0.3, -0.25) is 4.79 Å². The van der Waals surface area contributed by atoms with E-state index in [2.05, 4.69) is 0 Å². The van der Waals surface area contributed by atoms with Gasteiger partial charge in [-0.1, -0.05) is 29.3 Å². The molecule has 0 aliphatic heterocycles. The third kappa shape index (κ3) is 2.40. The zero-order valence-electron chi connectivity index (χ0n) is 9.51. The van der Waals surface area contributed by atoms with Gasteiger partial charge in [0.2, 0.25) is 0 Å². The number of benzene rings is 2. The summed E-state index contributed by atoms with van der Waals surface area (Å²) in [4.78, 5) is 11.1. The second-order valence-corrected chi connectivity index (χ2v) is 4.77. The lowest BCUT2D eigenvalue weighted by Gasteiger charge is -2.10. The molecule has 0 aliphatic carbocycles. The summed E-state index contributed by atoms with van der Waals surface area (Å²) < 4.78 is 13.1. The Morgan fingerprint density at radius 1 is 1.11 bits per heavy atom. The molecule has 0 fully saturated rings. The SMILES string of the molecule is Cc1cc(F)ccc1-c1cc(Cl)cc(Cl)c1C=O. The van der Waals surface area contributed by atoms with Crippen LogP contribution in [0.2, 0.25) is 10.0 Å². The third-order valence-corrected chi connectivity index (χ3v) is 3.22. The molecule has 0 N–H and O–H groups in total. The Bertz CT molecular complexity index is 623. The molecule has 18 heavy (non-hydrogen) atoms. The Balaban J connectivity index is 2.73. The van der Waals surface area contributed by atoms with Gasteiger partial charge in [0.25, 0.3) is 0 Å². The predicted molar refractivity (Wildman–Crippen MR) is 72.0 cm³/mol. The zero-order valence-corrected chi connectivity index (χ0v) is 11.0. The first kappa shape index (κ1) is 13.1. The minimum Gasteiger partial charge on any atom is -0.298 e. The van der Waals surface area contributed by atoms with Gasteiger partial charge in [-0.05, 0) is 47.9 Å². The molecule has 0 saturated heterocycles. The van der Waals surface area contributed by atoms with Crippen LogP contribution in [0, 0.1) is 12.7 Å². The number of hydrogen-bond acceptors (Lipinski definition) is 1. The lowest BCUT2D eigenvalue weighted by Crippen LogP contribution is -1.92. The summed E-state index contributed by atoms with van der Waals surface area (Å²) in [7, 11) is 0. The first-order chi connectivity index (χ1) is 8.52. The van der Waals surface area contributed by atoms with E-state index in [1.165, 1.54) is 18.2 Å². The first-order valence-corrected chi connectivity index (χ1v) is 5.99. The maximum absolute atomic E-state index is 13.1. The molecule has 2 rings (SSSR count). The number of rotatable bonds is 2. The molecular formula is C14H9Cl2FO. The zero-order chi connectivity index (χ0) is 13.3. The molecule has 2 aromatic rings. The van der Waals surface area contributed by atoms with Crippen molar-refractivity contribution in [3.8, 4) is 11.1 Å². The molecule has 0 heterocycles. The van der Waals surface area contributed by atoms with E-state index in [0.29, 0.717) is 22.4 Å². The van der Waals surface area contributed by atoms with E-state index in [1.807, 2.05) is 0 Å².